The zero-order valence-corrected chi connectivity index (χ0v) is 10.1. The molecule has 16 heavy (non-hydrogen) atoms. The van der Waals surface area contributed by atoms with E-state index >= 15 is 0 Å². The van der Waals surface area contributed by atoms with Crippen LogP contribution in [0.15, 0.2) is 0 Å². The number of esters is 1. The van der Waals surface area contributed by atoms with Crippen LogP contribution in [0.4, 0.5) is 0 Å². The molecule has 0 saturated carbocycles. The Balaban J connectivity index is 2.04. The van der Waals surface area contributed by atoms with Crippen molar-refractivity contribution in [2.45, 2.75) is 18.6 Å². The topological polar surface area (TPSA) is 72.5 Å². The number of hydrogen-bond donors (Lipinski definition) is 1. The number of sulfone groups is 1. The summed E-state index contributed by atoms with van der Waals surface area (Å²) in [7, 11) is -3.00. The molecule has 2 rings (SSSR count). The molecule has 0 aromatic carbocycles. The molecule has 2 aliphatic rings. The van der Waals surface area contributed by atoms with Gasteiger partial charge in [0.15, 0.2) is 9.84 Å². The minimum absolute atomic E-state index is 0.0657. The molecule has 92 valence electrons. The molecule has 5 nitrogen and oxygen atoms in total. The Kier molecular flexibility index (Phi) is 3.21. The van der Waals surface area contributed by atoms with Gasteiger partial charge in [-0.1, -0.05) is 0 Å². The third-order valence-corrected chi connectivity index (χ3v) is 5.78. The molecule has 3 atom stereocenters. The van der Waals surface area contributed by atoms with E-state index < -0.39 is 9.84 Å². The molecule has 1 N–H and O–H groups in total. The number of carbonyl (C=O) groups is 1. The Morgan fingerprint density at radius 1 is 1.44 bits per heavy atom. The molecule has 0 unspecified atom stereocenters. The van der Waals surface area contributed by atoms with Crippen LogP contribution in [0.1, 0.15) is 13.3 Å². The maximum Gasteiger partial charge on any atom is 0.306 e. The Morgan fingerprint density at radius 2 is 2.19 bits per heavy atom. The quantitative estimate of drug-likeness (QED) is 0.685. The summed E-state index contributed by atoms with van der Waals surface area (Å²) in [4.78, 5) is 11.4. The van der Waals surface area contributed by atoms with Crippen LogP contribution in [0.5, 0.6) is 0 Å². The van der Waals surface area contributed by atoms with Crippen LogP contribution >= 0.6 is 0 Å². The third kappa shape index (κ3) is 2.08. The summed E-state index contributed by atoms with van der Waals surface area (Å²) in [5.74, 6) is -0.114. The smallest absolute Gasteiger partial charge is 0.306 e. The molecule has 0 aliphatic carbocycles. The normalized spacial score (nSPS) is 35.9. The Bertz CT molecular complexity index is 378. The molecule has 0 radical (unpaired) electrons. The van der Waals surface area contributed by atoms with Gasteiger partial charge in [0, 0.05) is 13.0 Å². The van der Waals surface area contributed by atoms with E-state index in [2.05, 4.69) is 5.32 Å². The second-order valence-corrected chi connectivity index (χ2v) is 6.72. The van der Waals surface area contributed by atoms with Gasteiger partial charge < -0.3 is 10.1 Å². The molecule has 0 spiro atoms. The summed E-state index contributed by atoms with van der Waals surface area (Å²) in [5.41, 5.74) is 0. The Labute approximate surface area is 95.5 Å². The highest BCUT2D eigenvalue weighted by Gasteiger charge is 2.49. The number of nitrogens with one attached hydrogen (secondary N) is 1. The van der Waals surface area contributed by atoms with Crippen LogP contribution in [-0.2, 0) is 19.4 Å². The lowest BCUT2D eigenvalue weighted by Gasteiger charge is -2.14. The maximum atomic E-state index is 11.8. The van der Waals surface area contributed by atoms with E-state index in [1.807, 2.05) is 0 Å². The van der Waals surface area contributed by atoms with Gasteiger partial charge in [0.05, 0.1) is 17.6 Å². The summed E-state index contributed by atoms with van der Waals surface area (Å²) >= 11 is 0. The first-order chi connectivity index (χ1) is 7.54. The van der Waals surface area contributed by atoms with Crippen molar-refractivity contribution < 1.29 is 17.9 Å². The first-order valence-electron chi connectivity index (χ1n) is 5.62. The lowest BCUT2D eigenvalue weighted by molar-refractivity contribution is -0.144. The first kappa shape index (κ1) is 11.9. The van der Waals surface area contributed by atoms with Crippen molar-refractivity contribution in [2.75, 3.05) is 25.4 Å². The fourth-order valence-corrected chi connectivity index (χ4v) is 5.16. The zero-order chi connectivity index (χ0) is 11.8. The predicted octanol–water partition coefficient (Wildman–Crippen LogP) is -0.428. The van der Waals surface area contributed by atoms with Gasteiger partial charge in [-0.15, -0.1) is 0 Å². The minimum atomic E-state index is -3.00. The van der Waals surface area contributed by atoms with E-state index in [-0.39, 0.29) is 35.2 Å². The van der Waals surface area contributed by atoms with Crippen LogP contribution in [0, 0.1) is 11.8 Å². The summed E-state index contributed by atoms with van der Waals surface area (Å²) < 4.78 is 28.5. The fraction of sp³-hybridized carbons (Fsp3) is 0.900. The lowest BCUT2D eigenvalue weighted by atomic mass is 9.91. The number of rotatable bonds is 3. The van der Waals surface area contributed by atoms with E-state index in [4.69, 9.17) is 4.74 Å². The summed E-state index contributed by atoms with van der Waals surface area (Å²) in [6.45, 7) is 3.34. The Morgan fingerprint density at radius 3 is 2.88 bits per heavy atom. The van der Waals surface area contributed by atoms with Gasteiger partial charge in [-0.2, -0.15) is 0 Å². The summed E-state index contributed by atoms with van der Waals surface area (Å²) in [5, 5.41) is 2.80. The van der Waals surface area contributed by atoms with Gasteiger partial charge in [-0.3, -0.25) is 4.79 Å². The highest BCUT2D eigenvalue weighted by molar-refractivity contribution is 7.92. The third-order valence-electron chi connectivity index (χ3n) is 3.45. The molecule has 2 fully saturated rings. The van der Waals surface area contributed by atoms with Crippen molar-refractivity contribution in [3.63, 3.8) is 0 Å². The number of fused-ring (bicyclic) bond motifs is 1. The van der Waals surface area contributed by atoms with Gasteiger partial charge in [0.1, 0.15) is 0 Å². The molecule has 0 aromatic rings. The Hall–Kier alpha value is -0.620. The maximum absolute atomic E-state index is 11.8. The lowest BCUT2D eigenvalue weighted by Crippen LogP contribution is -2.22. The van der Waals surface area contributed by atoms with E-state index in [9.17, 15) is 13.2 Å². The highest BCUT2D eigenvalue weighted by Crippen LogP contribution is 2.36. The largest absolute Gasteiger partial charge is 0.466 e. The number of carbonyl (C=O) groups excluding carboxylic acids is 1. The predicted molar refractivity (Wildman–Crippen MR) is 58.7 cm³/mol. The molecule has 6 heteroatoms. The van der Waals surface area contributed by atoms with Crippen molar-refractivity contribution in [3.8, 4) is 0 Å². The molecular formula is C10H17NO4S. The molecule has 0 amide bonds. The van der Waals surface area contributed by atoms with Crippen molar-refractivity contribution in [1.82, 2.24) is 5.32 Å². The SMILES string of the molecule is CCOC(=O)C[C@@H]1CS(=O)(=O)[C@@H]2CNC[C@H]12. The van der Waals surface area contributed by atoms with Gasteiger partial charge in [0.25, 0.3) is 0 Å². The van der Waals surface area contributed by atoms with Gasteiger partial charge in [0.2, 0.25) is 0 Å². The van der Waals surface area contributed by atoms with Crippen molar-refractivity contribution >= 4 is 15.8 Å². The van der Waals surface area contributed by atoms with E-state index in [1.54, 1.807) is 6.92 Å². The van der Waals surface area contributed by atoms with Crippen molar-refractivity contribution in [1.29, 1.82) is 0 Å². The molecule has 2 aliphatic heterocycles. The highest BCUT2D eigenvalue weighted by atomic mass is 32.2. The second kappa shape index (κ2) is 4.33. The van der Waals surface area contributed by atoms with Crippen LogP contribution in [0.25, 0.3) is 0 Å². The molecule has 2 saturated heterocycles. The second-order valence-electron chi connectivity index (χ2n) is 4.46. The average Bonchev–Trinajstić information content (AvgIpc) is 2.71. The monoisotopic (exact) mass is 247 g/mol. The van der Waals surface area contributed by atoms with Crippen molar-refractivity contribution in [3.05, 3.63) is 0 Å². The average molecular weight is 247 g/mol. The fourth-order valence-electron chi connectivity index (χ4n) is 2.73. The first-order valence-corrected chi connectivity index (χ1v) is 7.34. The van der Waals surface area contributed by atoms with Gasteiger partial charge >= 0.3 is 5.97 Å². The molecular weight excluding hydrogens is 230 g/mol. The molecule has 0 aromatic heterocycles. The number of hydrogen-bond acceptors (Lipinski definition) is 5. The zero-order valence-electron chi connectivity index (χ0n) is 9.31. The van der Waals surface area contributed by atoms with E-state index in [0.717, 1.165) is 0 Å². The van der Waals surface area contributed by atoms with Crippen molar-refractivity contribution in [2.24, 2.45) is 11.8 Å². The van der Waals surface area contributed by atoms with Crippen LogP contribution in [0.3, 0.4) is 0 Å². The standard InChI is InChI=1S/C10H17NO4S/c1-2-15-10(12)3-7-6-16(13,14)9-5-11-4-8(7)9/h7-9,11H,2-6H2,1H3/t7-,8-,9-/m1/s1. The molecule has 0 bridgehead atoms. The summed E-state index contributed by atoms with van der Waals surface area (Å²) in [6.07, 6.45) is 0.232. The van der Waals surface area contributed by atoms with E-state index in [0.29, 0.717) is 19.7 Å². The van der Waals surface area contributed by atoms with E-state index in [1.165, 1.54) is 0 Å². The van der Waals surface area contributed by atoms with Gasteiger partial charge in [-0.25, -0.2) is 8.42 Å². The van der Waals surface area contributed by atoms with Crippen LogP contribution < -0.4 is 5.32 Å². The number of ether oxygens (including phenoxy) is 1. The minimum Gasteiger partial charge on any atom is -0.466 e. The molecule has 2 heterocycles. The van der Waals surface area contributed by atoms with Crippen LogP contribution in [-0.4, -0.2) is 45.1 Å². The van der Waals surface area contributed by atoms with Crippen LogP contribution in [0.2, 0.25) is 0 Å². The summed E-state index contributed by atoms with van der Waals surface area (Å²) in [6, 6.07) is 0. The van der Waals surface area contributed by atoms with Gasteiger partial charge in [-0.05, 0) is 25.3 Å².